The van der Waals surface area contributed by atoms with Crippen molar-refractivity contribution in [3.05, 3.63) is 65.2 Å². The number of benzene rings is 2. The van der Waals surface area contributed by atoms with E-state index in [1.54, 1.807) is 0 Å². The molecule has 1 saturated carbocycles. The summed E-state index contributed by atoms with van der Waals surface area (Å²) in [7, 11) is 0. The molecule has 2 aromatic rings. The zero-order chi connectivity index (χ0) is 14.1. The summed E-state index contributed by atoms with van der Waals surface area (Å²) < 4.78 is 0. The minimum atomic E-state index is 0.644. The molecule has 4 rings (SSSR count). The third-order valence-electron chi connectivity index (χ3n) is 4.90. The highest BCUT2D eigenvalue weighted by Gasteiger charge is 2.24. The van der Waals surface area contributed by atoms with E-state index in [4.69, 9.17) is 4.99 Å². The van der Waals surface area contributed by atoms with Crippen molar-refractivity contribution in [1.82, 2.24) is 0 Å². The zero-order valence-electron chi connectivity index (χ0n) is 12.4. The van der Waals surface area contributed by atoms with Crippen molar-refractivity contribution in [3.8, 4) is 0 Å². The first-order valence-electron chi connectivity index (χ1n) is 8.16. The highest BCUT2D eigenvalue weighted by atomic mass is 14.8. The first-order chi connectivity index (χ1) is 10.4. The molecule has 0 bridgehead atoms. The van der Waals surface area contributed by atoms with Crippen LogP contribution in [0.3, 0.4) is 0 Å². The molecule has 106 valence electrons. The van der Waals surface area contributed by atoms with Gasteiger partial charge in [0.2, 0.25) is 0 Å². The van der Waals surface area contributed by atoms with Gasteiger partial charge in [0.15, 0.2) is 0 Å². The predicted molar refractivity (Wildman–Crippen MR) is 88.5 cm³/mol. The summed E-state index contributed by atoms with van der Waals surface area (Å²) in [4.78, 5) is 5.12. The standard InChI is InChI=1S/C20H21N/c1-2-8-15(9-3-1)20-18-12-6-4-10-16(18)14-17-11-5-7-13-19(17)21-20/h4-7,10-13,15H,1-3,8-9,14H2. The number of para-hydroxylation sites is 1. The summed E-state index contributed by atoms with van der Waals surface area (Å²) >= 11 is 0. The van der Waals surface area contributed by atoms with E-state index in [2.05, 4.69) is 48.5 Å². The Kier molecular flexibility index (Phi) is 3.34. The second kappa shape index (κ2) is 5.48. The Bertz CT molecular complexity index is 678. The molecule has 1 heteroatoms. The van der Waals surface area contributed by atoms with Crippen molar-refractivity contribution >= 4 is 11.4 Å². The minimum absolute atomic E-state index is 0.644. The van der Waals surface area contributed by atoms with Crippen LogP contribution in [0.25, 0.3) is 0 Å². The van der Waals surface area contributed by atoms with Gasteiger partial charge >= 0.3 is 0 Å². The lowest BCUT2D eigenvalue weighted by molar-refractivity contribution is 0.440. The van der Waals surface area contributed by atoms with Gasteiger partial charge in [-0.2, -0.15) is 0 Å². The lowest BCUT2D eigenvalue weighted by atomic mass is 9.82. The Hall–Kier alpha value is -1.89. The molecule has 0 N–H and O–H groups in total. The summed E-state index contributed by atoms with van der Waals surface area (Å²) in [6, 6.07) is 17.5. The summed E-state index contributed by atoms with van der Waals surface area (Å²) in [6.45, 7) is 0. The van der Waals surface area contributed by atoms with E-state index in [-0.39, 0.29) is 0 Å². The van der Waals surface area contributed by atoms with E-state index in [0.717, 1.165) is 6.42 Å². The fraction of sp³-hybridized carbons (Fsp3) is 0.350. The molecule has 0 amide bonds. The van der Waals surface area contributed by atoms with Gasteiger partial charge in [-0.05, 0) is 35.6 Å². The molecule has 1 nitrogen and oxygen atoms in total. The van der Waals surface area contributed by atoms with E-state index in [1.165, 1.54) is 60.2 Å². The summed E-state index contributed by atoms with van der Waals surface area (Å²) in [5.41, 5.74) is 6.70. The van der Waals surface area contributed by atoms with Gasteiger partial charge in [0.25, 0.3) is 0 Å². The molecule has 1 aliphatic heterocycles. The van der Waals surface area contributed by atoms with E-state index in [1.807, 2.05) is 0 Å². The average molecular weight is 275 g/mol. The molecule has 2 aliphatic rings. The first kappa shape index (κ1) is 12.8. The largest absolute Gasteiger partial charge is 0.252 e. The summed E-state index contributed by atoms with van der Waals surface area (Å²) in [5, 5.41) is 0. The van der Waals surface area contributed by atoms with Crippen molar-refractivity contribution in [2.45, 2.75) is 38.5 Å². The second-order valence-electron chi connectivity index (χ2n) is 6.29. The van der Waals surface area contributed by atoms with Gasteiger partial charge in [0.1, 0.15) is 0 Å². The molecule has 2 aromatic carbocycles. The van der Waals surface area contributed by atoms with Crippen LogP contribution in [-0.2, 0) is 6.42 Å². The lowest BCUT2D eigenvalue weighted by Gasteiger charge is -2.24. The SMILES string of the molecule is c1ccc2c(c1)Cc1ccccc1C(C1CCCCC1)=N2. The molecular formula is C20H21N. The Morgan fingerprint density at radius 1 is 0.762 bits per heavy atom. The third kappa shape index (κ3) is 2.42. The zero-order valence-corrected chi connectivity index (χ0v) is 12.4. The van der Waals surface area contributed by atoms with Crippen LogP contribution in [-0.4, -0.2) is 5.71 Å². The van der Waals surface area contributed by atoms with Crippen molar-refractivity contribution in [2.75, 3.05) is 0 Å². The molecular weight excluding hydrogens is 254 g/mol. The number of fused-ring (bicyclic) bond motifs is 2. The molecule has 1 heterocycles. The molecule has 0 spiro atoms. The number of hydrogen-bond donors (Lipinski definition) is 0. The Labute approximate surface area is 126 Å². The van der Waals surface area contributed by atoms with Gasteiger partial charge in [-0.1, -0.05) is 61.7 Å². The highest BCUT2D eigenvalue weighted by molar-refractivity contribution is 6.05. The van der Waals surface area contributed by atoms with Gasteiger partial charge in [-0.25, -0.2) is 0 Å². The number of hydrogen-bond acceptors (Lipinski definition) is 1. The third-order valence-corrected chi connectivity index (χ3v) is 4.90. The molecule has 0 aromatic heterocycles. The van der Waals surface area contributed by atoms with E-state index in [9.17, 15) is 0 Å². The second-order valence-corrected chi connectivity index (χ2v) is 6.29. The smallest absolute Gasteiger partial charge is 0.0668 e. The van der Waals surface area contributed by atoms with Gasteiger partial charge in [-0.3, -0.25) is 4.99 Å². The molecule has 21 heavy (non-hydrogen) atoms. The maximum Gasteiger partial charge on any atom is 0.0668 e. The molecule has 0 radical (unpaired) electrons. The van der Waals surface area contributed by atoms with Crippen LogP contribution in [0.4, 0.5) is 5.69 Å². The van der Waals surface area contributed by atoms with Gasteiger partial charge in [0.05, 0.1) is 11.4 Å². The molecule has 1 fully saturated rings. The van der Waals surface area contributed by atoms with Crippen LogP contribution in [0, 0.1) is 5.92 Å². The first-order valence-corrected chi connectivity index (χ1v) is 8.16. The molecule has 0 atom stereocenters. The van der Waals surface area contributed by atoms with Gasteiger partial charge in [-0.15, -0.1) is 0 Å². The van der Waals surface area contributed by atoms with Crippen LogP contribution < -0.4 is 0 Å². The van der Waals surface area contributed by atoms with Crippen LogP contribution in [0.5, 0.6) is 0 Å². The minimum Gasteiger partial charge on any atom is -0.252 e. The van der Waals surface area contributed by atoms with Gasteiger partial charge < -0.3 is 0 Å². The Balaban J connectivity index is 1.87. The predicted octanol–water partition coefficient (Wildman–Crippen LogP) is 5.29. The normalized spacial score (nSPS) is 18.4. The summed E-state index contributed by atoms with van der Waals surface area (Å²) in [6.07, 6.45) is 7.71. The fourth-order valence-electron chi connectivity index (χ4n) is 3.78. The maximum atomic E-state index is 5.12. The quantitative estimate of drug-likeness (QED) is 0.670. The van der Waals surface area contributed by atoms with E-state index in [0.29, 0.717) is 5.92 Å². The van der Waals surface area contributed by atoms with E-state index < -0.39 is 0 Å². The van der Waals surface area contributed by atoms with Crippen molar-refractivity contribution in [3.63, 3.8) is 0 Å². The molecule has 0 unspecified atom stereocenters. The van der Waals surface area contributed by atoms with Gasteiger partial charge in [0, 0.05) is 12.3 Å². The Morgan fingerprint density at radius 3 is 2.33 bits per heavy atom. The van der Waals surface area contributed by atoms with Crippen molar-refractivity contribution < 1.29 is 0 Å². The molecule has 1 aliphatic carbocycles. The Morgan fingerprint density at radius 2 is 1.48 bits per heavy atom. The average Bonchev–Trinajstić information content (AvgIpc) is 2.72. The molecule has 0 saturated heterocycles. The van der Waals surface area contributed by atoms with Crippen molar-refractivity contribution in [2.24, 2.45) is 10.9 Å². The van der Waals surface area contributed by atoms with E-state index >= 15 is 0 Å². The van der Waals surface area contributed by atoms with Crippen molar-refractivity contribution in [1.29, 1.82) is 0 Å². The number of nitrogens with zero attached hydrogens (tertiary/aromatic N) is 1. The highest BCUT2D eigenvalue weighted by Crippen LogP contribution is 2.34. The number of rotatable bonds is 1. The van der Waals surface area contributed by atoms with Crippen LogP contribution in [0.2, 0.25) is 0 Å². The van der Waals surface area contributed by atoms with Crippen LogP contribution in [0.15, 0.2) is 53.5 Å². The maximum absolute atomic E-state index is 5.12. The summed E-state index contributed by atoms with van der Waals surface area (Å²) in [5.74, 6) is 0.644. The van der Waals surface area contributed by atoms with Crippen LogP contribution >= 0.6 is 0 Å². The monoisotopic (exact) mass is 275 g/mol. The fourth-order valence-corrected chi connectivity index (χ4v) is 3.78. The number of aliphatic imine (C=N–C) groups is 1. The van der Waals surface area contributed by atoms with Crippen LogP contribution in [0.1, 0.15) is 48.8 Å². The topological polar surface area (TPSA) is 12.4 Å². The lowest BCUT2D eigenvalue weighted by Crippen LogP contribution is -2.19.